The Morgan fingerprint density at radius 2 is 1.44 bits per heavy atom. The van der Waals surface area contributed by atoms with Crippen molar-refractivity contribution in [3.63, 3.8) is 0 Å². The van der Waals surface area contributed by atoms with Gasteiger partial charge in [-0.25, -0.2) is 0 Å². The number of halogens is 1. The molecule has 16 heavy (non-hydrogen) atoms. The molecule has 0 saturated carbocycles. The highest BCUT2D eigenvalue weighted by Gasteiger charge is 2.02. The Hall–Kier alpha value is -0.530. The number of rotatable bonds is 7. The maximum absolute atomic E-state index is 5.37. The van der Waals surface area contributed by atoms with Crippen LogP contribution in [0.1, 0.15) is 5.56 Å². The molecule has 0 fully saturated rings. The molecule has 0 atom stereocenters. The van der Waals surface area contributed by atoms with E-state index in [1.54, 1.807) is 14.2 Å². The molecule has 5 heteroatoms. The van der Waals surface area contributed by atoms with Crippen LogP contribution in [0.2, 0.25) is 0 Å². The van der Waals surface area contributed by atoms with E-state index < -0.39 is 0 Å². The van der Waals surface area contributed by atoms with Crippen LogP contribution in [-0.2, 0) is 13.9 Å². The van der Waals surface area contributed by atoms with Crippen molar-refractivity contribution in [3.8, 4) is 11.5 Å². The molecule has 0 aliphatic heterocycles. The lowest BCUT2D eigenvalue weighted by Gasteiger charge is -2.10. The van der Waals surface area contributed by atoms with Gasteiger partial charge >= 0.3 is 0 Å². The van der Waals surface area contributed by atoms with Crippen LogP contribution in [0.15, 0.2) is 18.2 Å². The van der Waals surface area contributed by atoms with E-state index in [1.807, 2.05) is 18.2 Å². The quantitative estimate of drug-likeness (QED) is 0.435. The highest BCUT2D eigenvalue weighted by molar-refractivity contribution is 14.1. The monoisotopic (exact) mass is 338 g/mol. The molecule has 1 aromatic rings. The highest BCUT2D eigenvalue weighted by Crippen LogP contribution is 2.24. The summed E-state index contributed by atoms with van der Waals surface area (Å²) in [4.78, 5) is 0. The van der Waals surface area contributed by atoms with Crippen molar-refractivity contribution in [1.82, 2.24) is 0 Å². The third kappa shape index (κ3) is 4.54. The summed E-state index contributed by atoms with van der Waals surface area (Å²) in [5.74, 6) is 1.48. The first kappa shape index (κ1) is 13.5. The number of hydrogen-bond donors (Lipinski definition) is 0. The van der Waals surface area contributed by atoms with Gasteiger partial charge in [0.1, 0.15) is 11.5 Å². The summed E-state index contributed by atoms with van der Waals surface area (Å²) in [5.41, 5.74) is 1.14. The third-order valence-corrected chi connectivity index (χ3v) is 2.66. The SMILES string of the molecule is COCOc1cc(CI)cc(OCOC)c1. The average Bonchev–Trinajstić information content (AvgIpc) is 2.33. The predicted molar refractivity (Wildman–Crippen MR) is 69.2 cm³/mol. The summed E-state index contributed by atoms with van der Waals surface area (Å²) in [6, 6.07) is 5.74. The lowest BCUT2D eigenvalue weighted by Crippen LogP contribution is -2.02. The zero-order valence-corrected chi connectivity index (χ0v) is 11.5. The fraction of sp³-hybridized carbons (Fsp3) is 0.455. The molecule has 0 radical (unpaired) electrons. The van der Waals surface area contributed by atoms with Crippen molar-refractivity contribution < 1.29 is 18.9 Å². The van der Waals surface area contributed by atoms with Gasteiger partial charge in [0.25, 0.3) is 0 Å². The minimum absolute atomic E-state index is 0.231. The summed E-state index contributed by atoms with van der Waals surface area (Å²) < 4.78 is 21.3. The first-order chi connectivity index (χ1) is 7.80. The van der Waals surface area contributed by atoms with Crippen LogP contribution in [0.3, 0.4) is 0 Å². The Morgan fingerprint density at radius 3 is 1.81 bits per heavy atom. The minimum atomic E-state index is 0.231. The summed E-state index contributed by atoms with van der Waals surface area (Å²) in [7, 11) is 3.18. The van der Waals surface area contributed by atoms with Crippen LogP contribution in [0.4, 0.5) is 0 Å². The van der Waals surface area contributed by atoms with E-state index >= 15 is 0 Å². The van der Waals surface area contributed by atoms with Crippen LogP contribution in [0.25, 0.3) is 0 Å². The molecule has 1 aromatic carbocycles. The van der Waals surface area contributed by atoms with Gasteiger partial charge in [-0.2, -0.15) is 0 Å². The zero-order valence-electron chi connectivity index (χ0n) is 9.36. The normalized spacial score (nSPS) is 10.2. The number of benzene rings is 1. The molecule has 0 saturated heterocycles. The van der Waals surface area contributed by atoms with E-state index in [4.69, 9.17) is 18.9 Å². The molecule has 0 amide bonds. The van der Waals surface area contributed by atoms with Crippen LogP contribution in [-0.4, -0.2) is 27.8 Å². The topological polar surface area (TPSA) is 36.9 Å². The van der Waals surface area contributed by atoms with E-state index in [0.29, 0.717) is 0 Å². The van der Waals surface area contributed by atoms with Gasteiger partial charge in [-0.3, -0.25) is 0 Å². The van der Waals surface area contributed by atoms with E-state index in [9.17, 15) is 0 Å². The zero-order chi connectivity index (χ0) is 11.8. The molecule has 0 aliphatic rings. The molecule has 0 aliphatic carbocycles. The van der Waals surface area contributed by atoms with Crippen molar-refractivity contribution in [2.24, 2.45) is 0 Å². The summed E-state index contributed by atoms with van der Waals surface area (Å²) in [6.45, 7) is 0.461. The minimum Gasteiger partial charge on any atom is -0.467 e. The van der Waals surface area contributed by atoms with Crippen LogP contribution in [0.5, 0.6) is 11.5 Å². The second-order valence-electron chi connectivity index (χ2n) is 3.05. The first-order valence-electron chi connectivity index (χ1n) is 4.73. The van der Waals surface area contributed by atoms with Crippen molar-refractivity contribution in [1.29, 1.82) is 0 Å². The van der Waals surface area contributed by atoms with E-state index in [-0.39, 0.29) is 13.6 Å². The average molecular weight is 338 g/mol. The molecule has 4 nitrogen and oxygen atoms in total. The van der Waals surface area contributed by atoms with Gasteiger partial charge in [-0.1, -0.05) is 22.6 Å². The van der Waals surface area contributed by atoms with Gasteiger partial charge in [-0.05, 0) is 17.7 Å². The molecule has 0 N–H and O–H groups in total. The molecule has 0 spiro atoms. The smallest absolute Gasteiger partial charge is 0.188 e. The Kier molecular flexibility index (Phi) is 6.51. The van der Waals surface area contributed by atoms with Gasteiger partial charge in [0.15, 0.2) is 13.6 Å². The largest absolute Gasteiger partial charge is 0.467 e. The lowest BCUT2D eigenvalue weighted by molar-refractivity contribution is 0.0460. The number of ether oxygens (including phenoxy) is 4. The highest BCUT2D eigenvalue weighted by atomic mass is 127. The second-order valence-corrected chi connectivity index (χ2v) is 3.81. The molecule has 0 bridgehead atoms. The summed E-state index contributed by atoms with van der Waals surface area (Å²) in [5, 5.41) is 0. The fourth-order valence-electron chi connectivity index (χ4n) is 1.13. The number of alkyl halides is 1. The maximum atomic E-state index is 5.37. The molecular weight excluding hydrogens is 323 g/mol. The van der Waals surface area contributed by atoms with Gasteiger partial charge in [0, 0.05) is 24.7 Å². The maximum Gasteiger partial charge on any atom is 0.188 e. The standard InChI is InChI=1S/C11H15IO4/c1-13-7-15-10-3-9(6-12)4-11(5-10)16-8-14-2/h3-5H,6-8H2,1-2H3. The second kappa shape index (κ2) is 7.70. The molecule has 90 valence electrons. The summed E-state index contributed by atoms with van der Waals surface area (Å²) >= 11 is 2.29. The number of hydrogen-bond acceptors (Lipinski definition) is 4. The molecule has 0 unspecified atom stereocenters. The fourth-order valence-corrected chi connectivity index (χ4v) is 1.57. The van der Waals surface area contributed by atoms with Crippen molar-refractivity contribution in [2.75, 3.05) is 27.8 Å². The predicted octanol–water partition coefficient (Wildman–Crippen LogP) is 2.59. The van der Waals surface area contributed by atoms with E-state index in [1.165, 1.54) is 0 Å². The van der Waals surface area contributed by atoms with E-state index in [0.717, 1.165) is 21.5 Å². The van der Waals surface area contributed by atoms with Gasteiger partial charge in [0.05, 0.1) is 0 Å². The van der Waals surface area contributed by atoms with Crippen molar-refractivity contribution in [2.45, 2.75) is 4.43 Å². The lowest BCUT2D eigenvalue weighted by atomic mass is 10.2. The van der Waals surface area contributed by atoms with Crippen LogP contribution in [0, 0.1) is 0 Å². The third-order valence-electron chi connectivity index (χ3n) is 1.78. The molecule has 1 rings (SSSR count). The molecular formula is C11H15IO4. The number of methoxy groups -OCH3 is 2. The Balaban J connectivity index is 2.74. The van der Waals surface area contributed by atoms with Crippen LogP contribution >= 0.6 is 22.6 Å². The Morgan fingerprint density at radius 1 is 0.938 bits per heavy atom. The van der Waals surface area contributed by atoms with Gasteiger partial charge in [-0.15, -0.1) is 0 Å². The van der Waals surface area contributed by atoms with Gasteiger partial charge < -0.3 is 18.9 Å². The van der Waals surface area contributed by atoms with Gasteiger partial charge in [0.2, 0.25) is 0 Å². The first-order valence-corrected chi connectivity index (χ1v) is 6.26. The molecule has 0 aromatic heterocycles. The summed E-state index contributed by atoms with van der Waals surface area (Å²) in [6.07, 6.45) is 0. The Labute approximate surface area is 109 Å². The Bertz CT molecular complexity index is 291. The van der Waals surface area contributed by atoms with E-state index in [2.05, 4.69) is 22.6 Å². The van der Waals surface area contributed by atoms with Crippen LogP contribution < -0.4 is 9.47 Å². The van der Waals surface area contributed by atoms with Crippen molar-refractivity contribution in [3.05, 3.63) is 23.8 Å². The van der Waals surface area contributed by atoms with Crippen molar-refractivity contribution >= 4 is 22.6 Å². The molecule has 0 heterocycles.